The summed E-state index contributed by atoms with van der Waals surface area (Å²) in [5.74, 6) is 0.406. The maximum absolute atomic E-state index is 12.9. The number of hydrogen-bond donors (Lipinski definition) is 1. The highest BCUT2D eigenvalue weighted by Crippen LogP contribution is 2.30. The maximum atomic E-state index is 12.9. The van der Waals surface area contributed by atoms with Crippen LogP contribution in [0.3, 0.4) is 0 Å². The van der Waals surface area contributed by atoms with Gasteiger partial charge in [0.1, 0.15) is 0 Å². The summed E-state index contributed by atoms with van der Waals surface area (Å²) in [5, 5.41) is 8.55. The minimum atomic E-state index is -0.279. The van der Waals surface area contributed by atoms with Crippen LogP contribution in [-0.4, -0.2) is 31.2 Å². The molecule has 0 atom stereocenters. The van der Waals surface area contributed by atoms with Gasteiger partial charge in [0.05, 0.1) is 24.1 Å². The molecule has 2 amide bonds. The second-order valence-electron chi connectivity index (χ2n) is 7.31. The van der Waals surface area contributed by atoms with Crippen LogP contribution in [0.5, 0.6) is 11.5 Å². The first kappa shape index (κ1) is 21.8. The fourth-order valence-corrected chi connectivity index (χ4v) is 3.35. The largest absolute Gasteiger partial charge is 0.493 e. The molecule has 7 heteroatoms. The van der Waals surface area contributed by atoms with Crippen molar-refractivity contribution in [2.75, 3.05) is 24.0 Å². The Bertz CT molecular complexity index is 1220. The van der Waals surface area contributed by atoms with E-state index in [1.165, 1.54) is 12.1 Å². The van der Waals surface area contributed by atoms with Crippen LogP contribution in [0.2, 0.25) is 0 Å². The zero-order chi connectivity index (χ0) is 23.2. The zero-order valence-electron chi connectivity index (χ0n) is 18.3. The number of benzene rings is 3. The van der Waals surface area contributed by atoms with E-state index in [2.05, 4.69) is 10.4 Å². The molecule has 3 aromatic carbocycles. The molecule has 33 heavy (non-hydrogen) atoms. The molecule has 1 aliphatic rings. The number of carbonyl (C=O) groups excluding carboxylic acids is 2. The topological polar surface area (TPSA) is 80.2 Å². The SMILES string of the molecule is COc1cc(/C=C2/C(=O)N(c3ccccc3)N=C2C)ccc1OCC(=O)Nc1ccccc1. The number of nitrogens with zero attached hydrogens (tertiary/aromatic N) is 2. The van der Waals surface area contributed by atoms with E-state index < -0.39 is 0 Å². The molecular weight excluding hydrogens is 418 g/mol. The summed E-state index contributed by atoms with van der Waals surface area (Å²) in [5.41, 5.74) is 3.28. The van der Waals surface area contributed by atoms with E-state index in [-0.39, 0.29) is 18.4 Å². The first-order valence-electron chi connectivity index (χ1n) is 10.4. The van der Waals surface area contributed by atoms with Gasteiger partial charge in [0, 0.05) is 5.69 Å². The Hall–Kier alpha value is -4.39. The van der Waals surface area contributed by atoms with E-state index in [0.717, 1.165) is 5.56 Å². The fraction of sp³-hybridized carbons (Fsp3) is 0.115. The van der Waals surface area contributed by atoms with Crippen LogP contribution in [0, 0.1) is 0 Å². The molecule has 0 bridgehead atoms. The highest BCUT2D eigenvalue weighted by molar-refractivity contribution is 6.32. The molecule has 0 fully saturated rings. The molecule has 1 N–H and O–H groups in total. The Morgan fingerprint density at radius 2 is 1.70 bits per heavy atom. The van der Waals surface area contributed by atoms with E-state index in [4.69, 9.17) is 9.47 Å². The summed E-state index contributed by atoms with van der Waals surface area (Å²) in [6, 6.07) is 23.7. The Labute approximate surface area is 191 Å². The van der Waals surface area contributed by atoms with Crippen molar-refractivity contribution >= 4 is 35.0 Å². The third kappa shape index (κ3) is 5.10. The van der Waals surface area contributed by atoms with Gasteiger partial charge in [-0.15, -0.1) is 0 Å². The van der Waals surface area contributed by atoms with Crippen molar-refractivity contribution in [3.05, 3.63) is 90.0 Å². The molecule has 0 radical (unpaired) electrons. The number of amides is 2. The molecule has 4 rings (SSSR count). The standard InChI is InChI=1S/C26H23N3O4/c1-18-22(26(31)29(28-18)21-11-7-4-8-12-21)15-19-13-14-23(24(16-19)32-2)33-17-25(30)27-20-9-5-3-6-10-20/h3-16H,17H2,1-2H3,(H,27,30)/b22-15+. The molecule has 7 nitrogen and oxygen atoms in total. The number of ether oxygens (including phenoxy) is 2. The lowest BCUT2D eigenvalue weighted by Gasteiger charge is -2.12. The molecule has 1 heterocycles. The van der Waals surface area contributed by atoms with Gasteiger partial charge in [-0.25, -0.2) is 0 Å². The highest BCUT2D eigenvalue weighted by atomic mass is 16.5. The minimum Gasteiger partial charge on any atom is -0.493 e. The smallest absolute Gasteiger partial charge is 0.280 e. The van der Waals surface area contributed by atoms with Crippen LogP contribution in [0.25, 0.3) is 6.08 Å². The number of hydrogen-bond acceptors (Lipinski definition) is 5. The first-order valence-corrected chi connectivity index (χ1v) is 10.4. The normalized spacial score (nSPS) is 14.2. The number of hydrazone groups is 1. The number of methoxy groups -OCH3 is 1. The van der Waals surface area contributed by atoms with Crippen molar-refractivity contribution in [3.63, 3.8) is 0 Å². The van der Waals surface area contributed by atoms with E-state index in [0.29, 0.717) is 34.2 Å². The van der Waals surface area contributed by atoms with Crippen molar-refractivity contribution in [2.45, 2.75) is 6.92 Å². The number of rotatable bonds is 7. The zero-order valence-corrected chi connectivity index (χ0v) is 18.3. The summed E-state index contributed by atoms with van der Waals surface area (Å²) >= 11 is 0. The summed E-state index contributed by atoms with van der Waals surface area (Å²) in [4.78, 5) is 25.1. The van der Waals surface area contributed by atoms with Crippen LogP contribution >= 0.6 is 0 Å². The average molecular weight is 441 g/mol. The van der Waals surface area contributed by atoms with Gasteiger partial charge in [0.2, 0.25) is 0 Å². The number of para-hydroxylation sites is 2. The molecule has 0 saturated heterocycles. The second-order valence-corrected chi connectivity index (χ2v) is 7.31. The molecular formula is C26H23N3O4. The van der Waals surface area contributed by atoms with Gasteiger partial charge in [0.15, 0.2) is 18.1 Å². The van der Waals surface area contributed by atoms with Gasteiger partial charge < -0.3 is 14.8 Å². The van der Waals surface area contributed by atoms with Crippen LogP contribution in [0.15, 0.2) is 89.5 Å². The number of carbonyl (C=O) groups is 2. The van der Waals surface area contributed by atoms with Crippen molar-refractivity contribution in [1.82, 2.24) is 0 Å². The molecule has 0 saturated carbocycles. The molecule has 166 valence electrons. The lowest BCUT2D eigenvalue weighted by atomic mass is 10.1. The molecule has 0 aromatic heterocycles. The Morgan fingerprint density at radius 3 is 2.39 bits per heavy atom. The van der Waals surface area contributed by atoms with Gasteiger partial charge in [-0.3, -0.25) is 9.59 Å². The van der Waals surface area contributed by atoms with Crippen molar-refractivity contribution in [3.8, 4) is 11.5 Å². The molecule has 1 aliphatic heterocycles. The van der Waals surface area contributed by atoms with Crippen LogP contribution in [-0.2, 0) is 9.59 Å². The monoisotopic (exact) mass is 441 g/mol. The van der Waals surface area contributed by atoms with Crippen LogP contribution < -0.4 is 19.8 Å². The van der Waals surface area contributed by atoms with Gasteiger partial charge >= 0.3 is 0 Å². The Balaban J connectivity index is 1.46. The quantitative estimate of drug-likeness (QED) is 0.547. The summed E-state index contributed by atoms with van der Waals surface area (Å²) in [6.07, 6.45) is 1.76. The van der Waals surface area contributed by atoms with E-state index in [9.17, 15) is 9.59 Å². The third-order valence-corrected chi connectivity index (χ3v) is 4.98. The number of anilines is 2. The van der Waals surface area contributed by atoms with Crippen LogP contribution in [0.1, 0.15) is 12.5 Å². The summed E-state index contributed by atoms with van der Waals surface area (Å²) in [6.45, 7) is 1.63. The second kappa shape index (κ2) is 9.82. The van der Waals surface area contributed by atoms with Crippen LogP contribution in [0.4, 0.5) is 11.4 Å². The predicted octanol–water partition coefficient (Wildman–Crippen LogP) is 4.52. The van der Waals surface area contributed by atoms with Gasteiger partial charge in [-0.2, -0.15) is 10.1 Å². The fourth-order valence-electron chi connectivity index (χ4n) is 3.35. The maximum Gasteiger partial charge on any atom is 0.280 e. The predicted molar refractivity (Wildman–Crippen MR) is 129 cm³/mol. The lowest BCUT2D eigenvalue weighted by Crippen LogP contribution is -2.21. The minimum absolute atomic E-state index is 0.165. The third-order valence-electron chi connectivity index (χ3n) is 4.98. The van der Waals surface area contributed by atoms with E-state index in [1.807, 2.05) is 48.5 Å². The Morgan fingerprint density at radius 1 is 1.00 bits per heavy atom. The number of nitrogens with one attached hydrogen (secondary N) is 1. The van der Waals surface area contributed by atoms with E-state index in [1.54, 1.807) is 43.3 Å². The van der Waals surface area contributed by atoms with Gasteiger partial charge in [0.25, 0.3) is 11.8 Å². The molecule has 0 unspecified atom stereocenters. The molecule has 3 aromatic rings. The van der Waals surface area contributed by atoms with E-state index >= 15 is 0 Å². The molecule has 0 spiro atoms. The van der Waals surface area contributed by atoms with Gasteiger partial charge in [-0.1, -0.05) is 42.5 Å². The van der Waals surface area contributed by atoms with Crippen molar-refractivity contribution < 1.29 is 19.1 Å². The first-order chi connectivity index (χ1) is 16.0. The van der Waals surface area contributed by atoms with Gasteiger partial charge in [-0.05, 0) is 55.0 Å². The highest BCUT2D eigenvalue weighted by Gasteiger charge is 2.28. The van der Waals surface area contributed by atoms with Crippen molar-refractivity contribution in [1.29, 1.82) is 0 Å². The summed E-state index contributed by atoms with van der Waals surface area (Å²) in [7, 11) is 1.52. The lowest BCUT2D eigenvalue weighted by molar-refractivity contribution is -0.118. The molecule has 0 aliphatic carbocycles. The average Bonchev–Trinajstić information content (AvgIpc) is 3.12. The summed E-state index contributed by atoms with van der Waals surface area (Å²) < 4.78 is 11.1. The van der Waals surface area contributed by atoms with Crippen molar-refractivity contribution in [2.24, 2.45) is 5.10 Å². The Kier molecular flexibility index (Phi) is 6.50.